The minimum atomic E-state index is -1.33. The van der Waals surface area contributed by atoms with Crippen LogP contribution in [0.1, 0.15) is 19.8 Å². The summed E-state index contributed by atoms with van der Waals surface area (Å²) < 4.78 is 29.9. The van der Waals surface area contributed by atoms with Crippen LogP contribution in [0.4, 0.5) is 15.8 Å². The number of pyridine rings is 1. The van der Waals surface area contributed by atoms with Crippen molar-refractivity contribution in [3.05, 3.63) is 79.1 Å². The molecule has 5 aromatic rings. The molecule has 208 valence electrons. The number of anilines is 2. The zero-order valence-electron chi connectivity index (χ0n) is 22.3. The van der Waals surface area contributed by atoms with Gasteiger partial charge >= 0.3 is 0 Å². The number of fused-ring (bicyclic) bond motifs is 1. The lowest BCUT2D eigenvalue weighted by molar-refractivity contribution is -0.133. The third kappa shape index (κ3) is 4.67. The molecular weight excluding hydrogens is 545 g/mol. The van der Waals surface area contributed by atoms with Crippen LogP contribution in [0, 0.1) is 11.2 Å². The Morgan fingerprint density at radius 2 is 1.90 bits per heavy atom. The maximum atomic E-state index is 15.6. The quantitative estimate of drug-likeness (QED) is 0.216. The van der Waals surface area contributed by atoms with Gasteiger partial charge in [-0.05, 0) is 50.1 Å². The van der Waals surface area contributed by atoms with E-state index in [1.54, 1.807) is 48.9 Å². The molecule has 0 radical (unpaired) electrons. The van der Waals surface area contributed by atoms with E-state index in [4.69, 9.17) is 15.2 Å². The fraction of sp³-hybridized carbons (Fsp3) is 0.200. The van der Waals surface area contributed by atoms with Crippen molar-refractivity contribution < 1.29 is 23.5 Å². The molecule has 6 rings (SSSR count). The van der Waals surface area contributed by atoms with Crippen molar-refractivity contribution in [1.29, 1.82) is 0 Å². The second kappa shape index (κ2) is 10.3. The minimum Gasteiger partial charge on any atom is -0.495 e. The Bertz CT molecular complexity index is 1790. The smallest absolute Gasteiger partial charge is 0.247 e. The number of rotatable bonds is 9. The van der Waals surface area contributed by atoms with E-state index in [-0.39, 0.29) is 11.4 Å². The van der Waals surface area contributed by atoms with Crippen LogP contribution in [-0.4, -0.2) is 33.5 Å². The largest absolute Gasteiger partial charge is 0.495 e. The number of nitrogens with zero attached hydrogens (tertiary/aromatic N) is 4. The van der Waals surface area contributed by atoms with E-state index in [9.17, 15) is 9.59 Å². The molecule has 11 heteroatoms. The van der Waals surface area contributed by atoms with Gasteiger partial charge in [0.25, 0.3) is 0 Å². The van der Waals surface area contributed by atoms with Gasteiger partial charge in [-0.25, -0.2) is 9.37 Å². The van der Waals surface area contributed by atoms with Gasteiger partial charge in [0.05, 0.1) is 45.6 Å². The number of aromatic nitrogens is 3. The average Bonchev–Trinajstić information content (AvgIpc) is 3.45. The van der Waals surface area contributed by atoms with Crippen LogP contribution in [0.25, 0.3) is 20.8 Å². The maximum Gasteiger partial charge on any atom is 0.247 e. The van der Waals surface area contributed by atoms with E-state index in [0.717, 1.165) is 21.8 Å². The van der Waals surface area contributed by atoms with Crippen molar-refractivity contribution in [2.45, 2.75) is 26.3 Å². The van der Waals surface area contributed by atoms with E-state index in [2.05, 4.69) is 9.97 Å². The Morgan fingerprint density at radius 1 is 1.10 bits per heavy atom. The number of methoxy groups -OCH3 is 1. The summed E-state index contributed by atoms with van der Waals surface area (Å²) in [6.07, 6.45) is 6.00. The molecule has 3 heterocycles. The van der Waals surface area contributed by atoms with Gasteiger partial charge in [-0.2, -0.15) is 0 Å². The first-order valence-electron chi connectivity index (χ1n) is 13.0. The SMILES string of the molecule is CCn1cnc(-c2cc3nccc(Oc4ccc(N(C(=O)C5(C(N)=O)CC5)c5ccccc5OC)cc4F)c3s2)c1. The molecular formula is C30H26FN5O4S. The third-order valence-electron chi connectivity index (χ3n) is 7.18. The van der Waals surface area contributed by atoms with Crippen LogP contribution in [0.2, 0.25) is 0 Å². The highest BCUT2D eigenvalue weighted by Gasteiger charge is 2.57. The fourth-order valence-electron chi connectivity index (χ4n) is 4.70. The monoisotopic (exact) mass is 571 g/mol. The molecule has 0 atom stereocenters. The van der Waals surface area contributed by atoms with E-state index in [1.807, 2.05) is 23.8 Å². The number of halogens is 1. The first-order valence-corrected chi connectivity index (χ1v) is 13.8. The molecule has 9 nitrogen and oxygen atoms in total. The molecule has 1 aliphatic carbocycles. The highest BCUT2D eigenvalue weighted by molar-refractivity contribution is 7.22. The minimum absolute atomic E-state index is 0.0325. The highest BCUT2D eigenvalue weighted by Crippen LogP contribution is 2.50. The van der Waals surface area contributed by atoms with E-state index in [1.165, 1.54) is 35.5 Å². The van der Waals surface area contributed by atoms with Gasteiger partial charge in [-0.3, -0.25) is 19.5 Å². The van der Waals surface area contributed by atoms with Crippen LogP contribution in [0.15, 0.2) is 73.3 Å². The zero-order valence-corrected chi connectivity index (χ0v) is 23.2. The molecule has 0 spiro atoms. The number of para-hydroxylation sites is 2. The summed E-state index contributed by atoms with van der Waals surface area (Å²) >= 11 is 1.46. The second-order valence-electron chi connectivity index (χ2n) is 9.70. The first kappa shape index (κ1) is 26.5. The number of nitrogens with two attached hydrogens (primary N) is 1. The summed E-state index contributed by atoms with van der Waals surface area (Å²) in [6.45, 7) is 2.85. The molecule has 41 heavy (non-hydrogen) atoms. The number of carbonyl (C=O) groups excluding carboxylic acids is 2. The summed E-state index contributed by atoms with van der Waals surface area (Å²) in [5, 5.41) is 0. The normalized spacial score (nSPS) is 13.6. The van der Waals surface area contributed by atoms with Crippen molar-refractivity contribution in [1.82, 2.24) is 14.5 Å². The number of primary amides is 1. The molecule has 2 aromatic carbocycles. The number of imidazole rings is 1. The number of benzene rings is 2. The number of aryl methyl sites for hydroxylation is 1. The molecule has 1 fully saturated rings. The van der Waals surface area contributed by atoms with Crippen LogP contribution < -0.4 is 20.1 Å². The van der Waals surface area contributed by atoms with E-state index in [0.29, 0.717) is 35.5 Å². The number of hydrogen-bond donors (Lipinski definition) is 1. The van der Waals surface area contributed by atoms with Crippen LogP contribution in [0.5, 0.6) is 17.2 Å². The maximum absolute atomic E-state index is 15.6. The van der Waals surface area contributed by atoms with Gasteiger partial charge in [0, 0.05) is 31.1 Å². The Labute approximate surface area is 239 Å². The Hall–Kier alpha value is -4.77. The van der Waals surface area contributed by atoms with Crippen molar-refractivity contribution >= 4 is 44.7 Å². The summed E-state index contributed by atoms with van der Waals surface area (Å²) in [5.74, 6) is -1.14. The molecule has 0 bridgehead atoms. The lowest BCUT2D eigenvalue weighted by Gasteiger charge is -2.28. The number of ether oxygens (including phenoxy) is 2. The zero-order chi connectivity index (χ0) is 28.7. The van der Waals surface area contributed by atoms with Gasteiger partial charge in [-0.1, -0.05) is 12.1 Å². The van der Waals surface area contributed by atoms with Crippen LogP contribution in [-0.2, 0) is 16.1 Å². The van der Waals surface area contributed by atoms with E-state index < -0.39 is 23.0 Å². The molecule has 3 aromatic heterocycles. The lowest BCUT2D eigenvalue weighted by atomic mass is 10.0. The predicted molar refractivity (Wildman–Crippen MR) is 154 cm³/mol. The number of carbonyl (C=O) groups is 2. The highest BCUT2D eigenvalue weighted by atomic mass is 32.1. The number of thiophene rings is 1. The lowest BCUT2D eigenvalue weighted by Crippen LogP contribution is -2.41. The van der Waals surface area contributed by atoms with E-state index >= 15 is 4.39 Å². The molecule has 0 aliphatic heterocycles. The Balaban J connectivity index is 1.35. The second-order valence-corrected chi connectivity index (χ2v) is 10.8. The molecule has 1 aliphatic rings. The van der Waals surface area contributed by atoms with Gasteiger partial charge in [0.15, 0.2) is 11.6 Å². The van der Waals surface area contributed by atoms with Crippen molar-refractivity contribution in [3.8, 4) is 27.8 Å². The first-order chi connectivity index (χ1) is 19.8. The van der Waals surface area contributed by atoms with Gasteiger partial charge in [0.2, 0.25) is 11.8 Å². The van der Waals surface area contributed by atoms with Gasteiger partial charge in [-0.15, -0.1) is 11.3 Å². The Kier molecular flexibility index (Phi) is 6.66. The summed E-state index contributed by atoms with van der Waals surface area (Å²) in [4.78, 5) is 37.0. The number of amides is 2. The van der Waals surface area contributed by atoms with Gasteiger partial charge in [0.1, 0.15) is 16.9 Å². The molecule has 0 unspecified atom stereocenters. The van der Waals surface area contributed by atoms with Crippen LogP contribution >= 0.6 is 11.3 Å². The molecule has 2 amide bonds. The summed E-state index contributed by atoms with van der Waals surface area (Å²) in [6, 6.07) is 14.7. The van der Waals surface area contributed by atoms with Crippen molar-refractivity contribution in [2.24, 2.45) is 11.1 Å². The topological polar surface area (TPSA) is 113 Å². The third-order valence-corrected chi connectivity index (χ3v) is 8.34. The standard InChI is InChI=1S/C30H26FN5O4S/c1-3-35-16-21(34-17-35)26-15-20-27(41-26)25(10-13-33-20)40-23-9-8-18(14-19(23)31)36(22-6-4-5-7-24(22)39-2)29(38)30(11-12-30)28(32)37/h4-10,13-17H,3,11-12H2,1-2H3,(H2,32,37). The van der Waals surface area contributed by atoms with Gasteiger partial charge < -0.3 is 19.8 Å². The fourth-order valence-corrected chi connectivity index (χ4v) is 5.72. The molecule has 2 N–H and O–H groups in total. The number of hydrogen-bond acceptors (Lipinski definition) is 7. The summed E-state index contributed by atoms with van der Waals surface area (Å²) in [5.41, 5.74) is 6.38. The predicted octanol–water partition coefficient (Wildman–Crippen LogP) is 6.05. The molecule has 0 saturated heterocycles. The van der Waals surface area contributed by atoms with Crippen molar-refractivity contribution in [3.63, 3.8) is 0 Å². The Morgan fingerprint density at radius 3 is 2.59 bits per heavy atom. The van der Waals surface area contributed by atoms with Crippen LogP contribution in [0.3, 0.4) is 0 Å². The average molecular weight is 572 g/mol. The summed E-state index contributed by atoms with van der Waals surface area (Å²) in [7, 11) is 1.47. The van der Waals surface area contributed by atoms with Crippen molar-refractivity contribution in [2.75, 3.05) is 12.0 Å². The molecule has 1 saturated carbocycles.